The SMILES string of the molecule is O=C1NCC2(CCCCC2)n2c1cc1cnc(NC(=O)[C@H]3CCNC3)nc12. The normalized spacial score (nSPS) is 24.0. The van der Waals surface area contributed by atoms with Gasteiger partial charge in [-0.1, -0.05) is 19.3 Å². The molecule has 3 N–H and O–H groups in total. The Labute approximate surface area is 157 Å². The fraction of sp³-hybridized carbons (Fsp3) is 0.579. The maximum atomic E-state index is 12.5. The second-order valence-corrected chi connectivity index (χ2v) is 7.98. The van der Waals surface area contributed by atoms with Crippen molar-refractivity contribution in [3.63, 3.8) is 0 Å². The smallest absolute Gasteiger partial charge is 0.268 e. The Balaban J connectivity index is 1.55. The monoisotopic (exact) mass is 368 g/mol. The Morgan fingerprint density at radius 1 is 1.30 bits per heavy atom. The van der Waals surface area contributed by atoms with E-state index < -0.39 is 0 Å². The largest absolute Gasteiger partial charge is 0.348 e. The van der Waals surface area contributed by atoms with Crippen LogP contribution in [0.4, 0.5) is 5.95 Å². The summed E-state index contributed by atoms with van der Waals surface area (Å²) in [4.78, 5) is 33.9. The maximum absolute atomic E-state index is 12.5. The topological polar surface area (TPSA) is 101 Å². The first-order valence-electron chi connectivity index (χ1n) is 9.85. The summed E-state index contributed by atoms with van der Waals surface area (Å²) < 4.78 is 2.12. The van der Waals surface area contributed by atoms with Gasteiger partial charge >= 0.3 is 0 Å². The molecule has 2 aromatic rings. The molecule has 1 aliphatic carbocycles. The summed E-state index contributed by atoms with van der Waals surface area (Å²) in [5.41, 5.74) is 1.28. The molecule has 8 nitrogen and oxygen atoms in total. The first-order valence-corrected chi connectivity index (χ1v) is 9.85. The minimum absolute atomic E-state index is 0.0407. The number of carbonyl (C=O) groups excluding carboxylic acids is 2. The van der Waals surface area contributed by atoms with Crippen LogP contribution in [0.15, 0.2) is 12.3 Å². The van der Waals surface area contributed by atoms with Crippen LogP contribution in [0.3, 0.4) is 0 Å². The van der Waals surface area contributed by atoms with E-state index in [9.17, 15) is 9.59 Å². The molecule has 4 heterocycles. The molecule has 0 radical (unpaired) electrons. The number of rotatable bonds is 2. The molecule has 3 aliphatic rings. The van der Waals surface area contributed by atoms with E-state index in [-0.39, 0.29) is 23.3 Å². The van der Waals surface area contributed by atoms with Crippen molar-refractivity contribution in [1.29, 1.82) is 0 Å². The van der Waals surface area contributed by atoms with Gasteiger partial charge in [0.2, 0.25) is 11.9 Å². The summed E-state index contributed by atoms with van der Waals surface area (Å²) >= 11 is 0. The summed E-state index contributed by atoms with van der Waals surface area (Å²) in [7, 11) is 0. The third-order valence-corrected chi connectivity index (χ3v) is 6.28. The molecule has 2 aliphatic heterocycles. The molecule has 2 fully saturated rings. The molecule has 1 atom stereocenters. The molecule has 0 unspecified atom stereocenters. The third kappa shape index (κ3) is 2.70. The van der Waals surface area contributed by atoms with E-state index in [0.717, 1.165) is 49.7 Å². The van der Waals surface area contributed by atoms with Gasteiger partial charge in [0.15, 0.2) is 0 Å². The number of anilines is 1. The van der Waals surface area contributed by atoms with Crippen molar-refractivity contribution in [2.45, 2.75) is 44.1 Å². The van der Waals surface area contributed by atoms with Gasteiger partial charge in [0.1, 0.15) is 11.3 Å². The molecule has 1 spiro atoms. The fourth-order valence-corrected chi connectivity index (χ4v) is 4.81. The molecule has 2 aromatic heterocycles. The highest BCUT2D eigenvalue weighted by molar-refractivity contribution is 5.99. The highest BCUT2D eigenvalue weighted by atomic mass is 16.2. The first kappa shape index (κ1) is 16.7. The van der Waals surface area contributed by atoms with Crippen molar-refractivity contribution in [3.8, 4) is 0 Å². The molecule has 1 saturated heterocycles. The van der Waals surface area contributed by atoms with Gasteiger partial charge in [0.05, 0.1) is 11.5 Å². The number of nitrogens with zero attached hydrogens (tertiary/aromatic N) is 3. The Bertz CT molecular complexity index is 908. The Hall–Kier alpha value is -2.48. The van der Waals surface area contributed by atoms with E-state index in [2.05, 4.69) is 30.5 Å². The molecular weight excluding hydrogens is 344 g/mol. The average molecular weight is 368 g/mol. The van der Waals surface area contributed by atoms with Crippen molar-refractivity contribution < 1.29 is 9.59 Å². The van der Waals surface area contributed by atoms with E-state index >= 15 is 0 Å². The summed E-state index contributed by atoms with van der Waals surface area (Å²) in [5, 5.41) is 9.96. The molecular formula is C19H24N6O2. The molecule has 8 heteroatoms. The number of hydrogen-bond acceptors (Lipinski definition) is 5. The summed E-state index contributed by atoms with van der Waals surface area (Å²) in [6, 6.07) is 1.87. The summed E-state index contributed by atoms with van der Waals surface area (Å²) in [5.74, 6) is 0.167. The third-order valence-electron chi connectivity index (χ3n) is 6.28. The average Bonchev–Trinajstić information content (AvgIpc) is 3.34. The van der Waals surface area contributed by atoms with Crippen LogP contribution in [0.1, 0.15) is 49.0 Å². The Kier molecular flexibility index (Phi) is 3.89. The van der Waals surface area contributed by atoms with Crippen LogP contribution in [0.5, 0.6) is 0 Å². The second-order valence-electron chi connectivity index (χ2n) is 7.98. The Morgan fingerprint density at radius 2 is 2.15 bits per heavy atom. The van der Waals surface area contributed by atoms with Gasteiger partial charge in [-0.25, -0.2) is 4.98 Å². The first-order chi connectivity index (χ1) is 13.2. The number of nitrogens with one attached hydrogen (secondary N) is 3. The maximum Gasteiger partial charge on any atom is 0.268 e. The standard InChI is InChI=1S/C19H24N6O2/c26-16(12-4-7-20-9-12)24-18-21-10-13-8-14-17(27)22-11-19(5-2-1-3-6-19)25(14)15(13)23-18/h8,10,12,20H,1-7,9,11H2,(H,22,27)(H,21,23,24,26)/t12-/m0/s1. The molecule has 5 rings (SSSR count). The van der Waals surface area contributed by atoms with Crippen LogP contribution in [0, 0.1) is 5.92 Å². The van der Waals surface area contributed by atoms with E-state index in [1.54, 1.807) is 6.20 Å². The number of amides is 2. The van der Waals surface area contributed by atoms with Crippen LogP contribution < -0.4 is 16.0 Å². The Morgan fingerprint density at radius 3 is 2.93 bits per heavy atom. The van der Waals surface area contributed by atoms with E-state index in [1.807, 2.05) is 6.07 Å². The van der Waals surface area contributed by atoms with Gasteiger partial charge in [0, 0.05) is 24.7 Å². The highest BCUT2D eigenvalue weighted by Gasteiger charge is 2.41. The van der Waals surface area contributed by atoms with Crippen molar-refractivity contribution in [3.05, 3.63) is 18.0 Å². The number of fused-ring (bicyclic) bond motifs is 4. The van der Waals surface area contributed by atoms with Crippen LogP contribution in [-0.4, -0.2) is 46.0 Å². The zero-order valence-corrected chi connectivity index (χ0v) is 15.3. The van der Waals surface area contributed by atoms with Gasteiger partial charge in [-0.3, -0.25) is 14.9 Å². The van der Waals surface area contributed by atoms with Crippen molar-refractivity contribution in [2.75, 3.05) is 25.0 Å². The van der Waals surface area contributed by atoms with Gasteiger partial charge in [-0.2, -0.15) is 4.98 Å². The minimum atomic E-state index is -0.117. The van der Waals surface area contributed by atoms with Gasteiger partial charge < -0.3 is 15.2 Å². The zero-order chi connectivity index (χ0) is 18.4. The molecule has 2 amide bonds. The molecule has 0 bridgehead atoms. The number of aromatic nitrogens is 3. The minimum Gasteiger partial charge on any atom is -0.348 e. The quantitative estimate of drug-likeness (QED) is 0.743. The zero-order valence-electron chi connectivity index (χ0n) is 15.3. The van der Waals surface area contributed by atoms with Crippen molar-refractivity contribution >= 4 is 28.8 Å². The van der Waals surface area contributed by atoms with Crippen molar-refractivity contribution in [1.82, 2.24) is 25.2 Å². The lowest BCUT2D eigenvalue weighted by molar-refractivity contribution is -0.119. The summed E-state index contributed by atoms with van der Waals surface area (Å²) in [6.07, 6.45) is 8.14. The van der Waals surface area contributed by atoms with Crippen LogP contribution in [0.25, 0.3) is 11.0 Å². The van der Waals surface area contributed by atoms with Crippen LogP contribution in [0.2, 0.25) is 0 Å². The van der Waals surface area contributed by atoms with Gasteiger partial charge in [-0.15, -0.1) is 0 Å². The second kappa shape index (κ2) is 6.30. The number of carbonyl (C=O) groups is 2. The molecule has 27 heavy (non-hydrogen) atoms. The van der Waals surface area contributed by atoms with Gasteiger partial charge in [0.25, 0.3) is 5.91 Å². The molecule has 0 aromatic carbocycles. The predicted molar refractivity (Wildman–Crippen MR) is 101 cm³/mol. The van der Waals surface area contributed by atoms with Crippen LogP contribution in [-0.2, 0) is 10.3 Å². The fourth-order valence-electron chi connectivity index (χ4n) is 4.81. The predicted octanol–water partition coefficient (Wildman–Crippen LogP) is 1.38. The number of hydrogen-bond donors (Lipinski definition) is 3. The van der Waals surface area contributed by atoms with E-state index in [4.69, 9.17) is 0 Å². The highest BCUT2D eigenvalue weighted by Crippen LogP contribution is 2.40. The lowest BCUT2D eigenvalue weighted by Gasteiger charge is -2.42. The van der Waals surface area contributed by atoms with Crippen LogP contribution >= 0.6 is 0 Å². The molecule has 1 saturated carbocycles. The van der Waals surface area contributed by atoms with E-state index in [0.29, 0.717) is 24.7 Å². The van der Waals surface area contributed by atoms with Gasteiger partial charge in [-0.05, 0) is 31.9 Å². The molecule has 142 valence electrons. The summed E-state index contributed by atoms with van der Waals surface area (Å²) in [6.45, 7) is 2.20. The van der Waals surface area contributed by atoms with E-state index in [1.165, 1.54) is 6.42 Å². The van der Waals surface area contributed by atoms with Crippen molar-refractivity contribution in [2.24, 2.45) is 5.92 Å². The lowest BCUT2D eigenvalue weighted by Crippen LogP contribution is -2.52. The lowest BCUT2D eigenvalue weighted by atomic mass is 9.80.